The molecule has 2 heterocycles. The van der Waals surface area contributed by atoms with E-state index in [0.29, 0.717) is 0 Å². The number of alkyl halides is 4. The Kier molecular flexibility index (Phi) is 5.87. The molecule has 162 valence electrons. The molecule has 2 aromatic heterocycles. The zero-order chi connectivity index (χ0) is 22.1. The van der Waals surface area contributed by atoms with Gasteiger partial charge in [-0.1, -0.05) is 12.1 Å². The van der Waals surface area contributed by atoms with Gasteiger partial charge in [-0.05, 0) is 6.07 Å². The number of aromatic nitrogens is 3. The first kappa shape index (κ1) is 21.4. The van der Waals surface area contributed by atoms with Crippen LogP contribution in [0, 0.1) is 0 Å². The van der Waals surface area contributed by atoms with Gasteiger partial charge in [-0.2, -0.15) is 18.7 Å². The molecule has 0 unspecified atom stereocenters. The molecule has 0 saturated heterocycles. The van der Waals surface area contributed by atoms with Gasteiger partial charge in [-0.25, -0.2) is 21.9 Å². The summed E-state index contributed by atoms with van der Waals surface area (Å²) in [5, 5.41) is 0.142. The lowest BCUT2D eigenvalue weighted by Crippen LogP contribution is -2.16. The van der Waals surface area contributed by atoms with Crippen molar-refractivity contribution in [2.45, 2.75) is 17.9 Å². The smallest absolute Gasteiger partial charge is 0.387 e. The van der Waals surface area contributed by atoms with Crippen LogP contribution >= 0.6 is 0 Å². The fraction of sp³-hybridized carbons (Fsp3) is 0.250. The van der Waals surface area contributed by atoms with Crippen LogP contribution in [0.4, 0.5) is 23.5 Å². The van der Waals surface area contributed by atoms with Crippen LogP contribution < -0.4 is 18.9 Å². The van der Waals surface area contributed by atoms with Gasteiger partial charge in [0.1, 0.15) is 4.90 Å². The summed E-state index contributed by atoms with van der Waals surface area (Å²) >= 11 is 0. The monoisotopic (exact) mass is 450 g/mol. The first-order chi connectivity index (χ1) is 14.2. The molecule has 0 radical (unpaired) electrons. The lowest BCUT2D eigenvalue weighted by Gasteiger charge is -2.14. The van der Waals surface area contributed by atoms with Crippen LogP contribution in [-0.4, -0.2) is 44.2 Å². The Morgan fingerprint density at radius 2 is 1.70 bits per heavy atom. The lowest BCUT2D eigenvalue weighted by atomic mass is 10.2. The number of hydrogen-bond acceptors (Lipinski definition) is 7. The maximum atomic E-state index is 12.8. The standard InChI is InChI=1S/C16H14F4N4O5S/c1-27-13-11(29-15(19)20)14(28-2)23-16(22-13)24-30(25,26)10-6-21-9-5-7(12(17)18)3-4-8(9)10/h3-6,12,15,21H,1-2H3,(H,22,23,24). The predicted molar refractivity (Wildman–Crippen MR) is 95.8 cm³/mol. The second-order valence-corrected chi connectivity index (χ2v) is 7.29. The third-order valence-corrected chi connectivity index (χ3v) is 5.20. The highest BCUT2D eigenvalue weighted by molar-refractivity contribution is 7.93. The molecule has 0 spiro atoms. The van der Waals surface area contributed by atoms with E-state index in [-0.39, 0.29) is 21.4 Å². The van der Waals surface area contributed by atoms with E-state index in [1.165, 1.54) is 6.07 Å². The van der Waals surface area contributed by atoms with Gasteiger partial charge in [0.25, 0.3) is 28.2 Å². The van der Waals surface area contributed by atoms with Gasteiger partial charge < -0.3 is 19.2 Å². The molecule has 0 aliphatic rings. The fourth-order valence-corrected chi connectivity index (χ4v) is 3.70. The second-order valence-electron chi connectivity index (χ2n) is 5.64. The van der Waals surface area contributed by atoms with Crippen LogP contribution in [0.1, 0.15) is 12.0 Å². The molecule has 0 atom stereocenters. The quantitative estimate of drug-likeness (QED) is 0.506. The summed E-state index contributed by atoms with van der Waals surface area (Å²) in [6.45, 7) is -3.23. The SMILES string of the molecule is COc1nc(NS(=O)(=O)c2c[nH]c3cc(C(F)F)ccc23)nc(OC)c1OC(F)F. The number of halogens is 4. The van der Waals surface area contributed by atoms with Crippen LogP contribution in [0.25, 0.3) is 10.9 Å². The van der Waals surface area contributed by atoms with Gasteiger partial charge in [0, 0.05) is 22.7 Å². The molecule has 30 heavy (non-hydrogen) atoms. The largest absolute Gasteiger partial charge is 0.478 e. The zero-order valence-corrected chi connectivity index (χ0v) is 16.1. The normalized spacial score (nSPS) is 11.9. The molecular weight excluding hydrogens is 436 g/mol. The molecule has 2 N–H and O–H groups in total. The van der Waals surface area contributed by atoms with E-state index in [0.717, 1.165) is 32.5 Å². The molecule has 0 bridgehead atoms. The summed E-state index contributed by atoms with van der Waals surface area (Å²) < 4.78 is 92.4. The van der Waals surface area contributed by atoms with Gasteiger partial charge in [0.05, 0.1) is 14.2 Å². The molecule has 0 fully saturated rings. The van der Waals surface area contributed by atoms with Crippen molar-refractivity contribution < 1.29 is 40.2 Å². The predicted octanol–water partition coefficient (Wildman–Crippen LogP) is 3.31. The summed E-state index contributed by atoms with van der Waals surface area (Å²) in [7, 11) is -2.12. The van der Waals surface area contributed by atoms with Crippen LogP contribution in [0.2, 0.25) is 0 Å². The maximum absolute atomic E-state index is 12.8. The maximum Gasteiger partial charge on any atom is 0.387 e. The molecule has 14 heteroatoms. The van der Waals surface area contributed by atoms with Gasteiger partial charge in [-0.15, -0.1) is 0 Å². The number of nitrogens with zero attached hydrogens (tertiary/aromatic N) is 2. The van der Waals surface area contributed by atoms with Crippen LogP contribution in [-0.2, 0) is 10.0 Å². The Labute approximate surface area is 167 Å². The summed E-state index contributed by atoms with van der Waals surface area (Å²) in [6, 6.07) is 3.44. The van der Waals surface area contributed by atoms with E-state index < -0.39 is 46.5 Å². The van der Waals surface area contributed by atoms with E-state index in [1.807, 2.05) is 0 Å². The van der Waals surface area contributed by atoms with Crippen LogP contribution in [0.15, 0.2) is 29.3 Å². The van der Waals surface area contributed by atoms with Gasteiger partial charge in [-0.3, -0.25) is 0 Å². The van der Waals surface area contributed by atoms with Crippen LogP contribution in [0.5, 0.6) is 17.5 Å². The first-order valence-electron chi connectivity index (χ1n) is 8.03. The molecule has 0 aliphatic carbocycles. The minimum atomic E-state index is -4.31. The lowest BCUT2D eigenvalue weighted by molar-refractivity contribution is -0.0533. The topological polar surface area (TPSA) is 115 Å². The van der Waals surface area contributed by atoms with E-state index in [9.17, 15) is 26.0 Å². The molecule has 3 rings (SSSR count). The summed E-state index contributed by atoms with van der Waals surface area (Å²) in [5.41, 5.74) is -0.112. The van der Waals surface area contributed by atoms with E-state index in [1.54, 1.807) is 0 Å². The van der Waals surface area contributed by atoms with Crippen molar-refractivity contribution in [3.63, 3.8) is 0 Å². The van der Waals surface area contributed by atoms with Crippen molar-refractivity contribution in [3.8, 4) is 17.5 Å². The zero-order valence-electron chi connectivity index (χ0n) is 15.3. The molecule has 0 saturated carbocycles. The van der Waals surface area contributed by atoms with Gasteiger partial charge in [0.2, 0.25) is 11.7 Å². The summed E-state index contributed by atoms with van der Waals surface area (Å²) in [4.78, 5) is 9.72. The number of methoxy groups -OCH3 is 2. The minimum absolute atomic E-state index is 0.142. The number of sulfonamides is 1. The average molecular weight is 450 g/mol. The van der Waals surface area contributed by atoms with E-state index >= 15 is 0 Å². The Morgan fingerprint density at radius 1 is 1.07 bits per heavy atom. The van der Waals surface area contributed by atoms with Crippen molar-refractivity contribution >= 4 is 26.9 Å². The fourth-order valence-electron chi connectivity index (χ4n) is 2.57. The number of rotatable bonds is 8. The van der Waals surface area contributed by atoms with E-state index in [4.69, 9.17) is 9.47 Å². The highest BCUT2D eigenvalue weighted by Gasteiger charge is 2.25. The molecule has 1 aromatic carbocycles. The number of fused-ring (bicyclic) bond motifs is 1. The van der Waals surface area contributed by atoms with Gasteiger partial charge >= 0.3 is 6.61 Å². The highest BCUT2D eigenvalue weighted by Crippen LogP contribution is 2.37. The number of H-pyrrole nitrogens is 1. The Hall–Kier alpha value is -3.29. The highest BCUT2D eigenvalue weighted by atomic mass is 32.2. The second kappa shape index (κ2) is 8.22. The average Bonchev–Trinajstić information content (AvgIpc) is 3.12. The molecule has 3 aromatic rings. The third kappa shape index (κ3) is 4.17. The third-order valence-electron chi connectivity index (χ3n) is 3.83. The number of aromatic amines is 1. The van der Waals surface area contributed by atoms with Crippen molar-refractivity contribution in [2.24, 2.45) is 0 Å². The summed E-state index contributed by atoms with van der Waals surface area (Å²) in [6.07, 6.45) is -1.62. The first-order valence-corrected chi connectivity index (χ1v) is 9.51. The molecule has 0 aliphatic heterocycles. The Morgan fingerprint density at radius 3 is 2.23 bits per heavy atom. The summed E-state index contributed by atoms with van der Waals surface area (Å²) in [5.74, 6) is -2.17. The van der Waals surface area contributed by atoms with Crippen molar-refractivity contribution in [1.82, 2.24) is 15.0 Å². The van der Waals surface area contributed by atoms with E-state index in [2.05, 4.69) is 24.4 Å². The van der Waals surface area contributed by atoms with Crippen molar-refractivity contribution in [1.29, 1.82) is 0 Å². The number of hydrogen-bond donors (Lipinski definition) is 2. The molecule has 9 nitrogen and oxygen atoms in total. The molecule has 0 amide bonds. The number of ether oxygens (including phenoxy) is 3. The minimum Gasteiger partial charge on any atom is -0.478 e. The number of nitrogens with one attached hydrogen (secondary N) is 2. The number of anilines is 1. The van der Waals surface area contributed by atoms with Crippen LogP contribution in [0.3, 0.4) is 0 Å². The van der Waals surface area contributed by atoms with Crippen molar-refractivity contribution in [2.75, 3.05) is 18.9 Å². The van der Waals surface area contributed by atoms with Crippen molar-refractivity contribution in [3.05, 3.63) is 30.0 Å². The van der Waals surface area contributed by atoms with Gasteiger partial charge in [0.15, 0.2) is 0 Å². The number of benzene rings is 1. The Bertz CT molecular complexity index is 1140. The Balaban J connectivity index is 2.00. The molecular formula is C16H14F4N4O5S.